The number of anilines is 1. The van der Waals surface area contributed by atoms with Gasteiger partial charge in [0.1, 0.15) is 11.5 Å². The predicted octanol–water partition coefficient (Wildman–Crippen LogP) is 2.12. The van der Waals surface area contributed by atoms with Crippen LogP contribution in [-0.4, -0.2) is 30.3 Å². The molecule has 7 nitrogen and oxygen atoms in total. The highest BCUT2D eigenvalue weighted by molar-refractivity contribution is 5.95. The molecule has 1 amide bonds. The zero-order chi connectivity index (χ0) is 17.8. The number of rotatable bonds is 5. The van der Waals surface area contributed by atoms with Gasteiger partial charge in [-0.3, -0.25) is 9.59 Å². The van der Waals surface area contributed by atoms with Gasteiger partial charge in [0, 0.05) is 29.3 Å². The van der Waals surface area contributed by atoms with Crippen molar-refractivity contribution in [2.24, 2.45) is 0 Å². The van der Waals surface area contributed by atoms with Gasteiger partial charge in [0.15, 0.2) is 0 Å². The lowest BCUT2D eigenvalue weighted by Gasteiger charge is -2.10. The summed E-state index contributed by atoms with van der Waals surface area (Å²) in [5, 5.41) is 10.4. The maximum atomic E-state index is 12.4. The first kappa shape index (κ1) is 16.5. The number of nitrogens with zero attached hydrogens (tertiary/aromatic N) is 1. The third-order valence-corrected chi connectivity index (χ3v) is 3.74. The molecule has 1 heterocycles. The van der Waals surface area contributed by atoms with E-state index in [1.165, 1.54) is 14.2 Å². The van der Waals surface area contributed by atoms with Crippen LogP contribution in [0.15, 0.2) is 47.3 Å². The molecule has 0 aliphatic carbocycles. The molecule has 2 aromatic carbocycles. The zero-order valence-electron chi connectivity index (χ0n) is 13.8. The summed E-state index contributed by atoms with van der Waals surface area (Å²) in [6.45, 7) is 0. The summed E-state index contributed by atoms with van der Waals surface area (Å²) < 4.78 is 10.4. The van der Waals surface area contributed by atoms with Crippen LogP contribution in [0.5, 0.6) is 11.5 Å². The number of nitrogens with one attached hydrogen (secondary N) is 2. The van der Waals surface area contributed by atoms with Crippen molar-refractivity contribution in [3.8, 4) is 11.5 Å². The lowest BCUT2D eigenvalue weighted by atomic mass is 10.1. The van der Waals surface area contributed by atoms with Crippen LogP contribution in [0.1, 0.15) is 5.69 Å². The average Bonchev–Trinajstić information content (AvgIpc) is 2.64. The molecule has 0 aliphatic heterocycles. The van der Waals surface area contributed by atoms with Crippen molar-refractivity contribution in [2.75, 3.05) is 19.5 Å². The van der Waals surface area contributed by atoms with Crippen molar-refractivity contribution < 1.29 is 14.3 Å². The molecule has 0 spiro atoms. The molecule has 0 bridgehead atoms. The maximum Gasteiger partial charge on any atom is 0.272 e. The van der Waals surface area contributed by atoms with Gasteiger partial charge in [0.2, 0.25) is 5.91 Å². The Labute approximate surface area is 143 Å². The van der Waals surface area contributed by atoms with Crippen LogP contribution in [0.3, 0.4) is 0 Å². The Morgan fingerprint density at radius 1 is 1.08 bits per heavy atom. The van der Waals surface area contributed by atoms with Gasteiger partial charge in [-0.1, -0.05) is 18.2 Å². The van der Waals surface area contributed by atoms with Gasteiger partial charge in [-0.2, -0.15) is 5.10 Å². The van der Waals surface area contributed by atoms with E-state index < -0.39 is 0 Å². The van der Waals surface area contributed by atoms with Gasteiger partial charge < -0.3 is 14.8 Å². The molecule has 0 radical (unpaired) electrons. The smallest absolute Gasteiger partial charge is 0.272 e. The number of fused-ring (bicyclic) bond motifs is 1. The highest BCUT2D eigenvalue weighted by atomic mass is 16.5. The van der Waals surface area contributed by atoms with E-state index in [-0.39, 0.29) is 17.9 Å². The minimum atomic E-state index is -0.280. The number of aromatic amines is 1. The second-order valence-electron chi connectivity index (χ2n) is 5.37. The van der Waals surface area contributed by atoms with Crippen LogP contribution in [-0.2, 0) is 11.2 Å². The maximum absolute atomic E-state index is 12.4. The Morgan fingerprint density at radius 3 is 2.36 bits per heavy atom. The summed E-state index contributed by atoms with van der Waals surface area (Å²) >= 11 is 0. The molecule has 25 heavy (non-hydrogen) atoms. The molecular weight excluding hydrogens is 322 g/mol. The normalized spacial score (nSPS) is 10.5. The first-order valence-electron chi connectivity index (χ1n) is 7.60. The second kappa shape index (κ2) is 7.04. The summed E-state index contributed by atoms with van der Waals surface area (Å²) in [7, 11) is 3.08. The van der Waals surface area contributed by atoms with Crippen LogP contribution in [0.4, 0.5) is 5.69 Å². The fraction of sp³-hybridized carbons (Fsp3) is 0.167. The summed E-state index contributed by atoms with van der Waals surface area (Å²) in [4.78, 5) is 24.2. The number of carbonyl (C=O) groups is 1. The van der Waals surface area contributed by atoms with Gasteiger partial charge in [0.05, 0.1) is 31.7 Å². The van der Waals surface area contributed by atoms with Gasteiger partial charge in [-0.05, 0) is 6.07 Å². The number of amides is 1. The zero-order valence-corrected chi connectivity index (χ0v) is 13.8. The van der Waals surface area contributed by atoms with E-state index >= 15 is 0 Å². The number of methoxy groups -OCH3 is 2. The molecule has 3 rings (SSSR count). The van der Waals surface area contributed by atoms with E-state index in [1.807, 2.05) is 0 Å². The Kier molecular flexibility index (Phi) is 4.65. The Balaban J connectivity index is 1.84. The Bertz CT molecular complexity index is 959. The fourth-order valence-corrected chi connectivity index (χ4v) is 2.54. The van der Waals surface area contributed by atoms with E-state index in [1.54, 1.807) is 42.5 Å². The molecule has 0 unspecified atom stereocenters. The van der Waals surface area contributed by atoms with Crippen molar-refractivity contribution in [3.05, 3.63) is 58.5 Å². The molecule has 0 fully saturated rings. The highest BCUT2D eigenvalue weighted by Crippen LogP contribution is 2.26. The average molecular weight is 339 g/mol. The van der Waals surface area contributed by atoms with Crippen molar-refractivity contribution in [1.29, 1.82) is 0 Å². The summed E-state index contributed by atoms with van der Waals surface area (Å²) in [5.74, 6) is 0.879. The number of ether oxygens (including phenoxy) is 2. The van der Waals surface area contributed by atoms with Crippen LogP contribution in [0.2, 0.25) is 0 Å². The van der Waals surface area contributed by atoms with Crippen LogP contribution in [0.25, 0.3) is 10.8 Å². The number of aromatic nitrogens is 2. The summed E-state index contributed by atoms with van der Waals surface area (Å²) in [5.41, 5.74) is 0.773. The van der Waals surface area contributed by atoms with Crippen molar-refractivity contribution in [3.63, 3.8) is 0 Å². The molecule has 0 saturated heterocycles. The molecule has 0 saturated carbocycles. The molecular formula is C18H17N3O4. The first-order chi connectivity index (χ1) is 12.1. The Morgan fingerprint density at radius 2 is 1.72 bits per heavy atom. The second-order valence-corrected chi connectivity index (χ2v) is 5.37. The minimum absolute atomic E-state index is 0.0246. The van der Waals surface area contributed by atoms with E-state index in [9.17, 15) is 9.59 Å². The Hall–Kier alpha value is -3.35. The monoisotopic (exact) mass is 339 g/mol. The fourth-order valence-electron chi connectivity index (χ4n) is 2.54. The number of hydrogen-bond donors (Lipinski definition) is 2. The largest absolute Gasteiger partial charge is 0.497 e. The van der Waals surface area contributed by atoms with Gasteiger partial charge in [-0.25, -0.2) is 5.10 Å². The van der Waals surface area contributed by atoms with Crippen molar-refractivity contribution >= 4 is 22.4 Å². The summed E-state index contributed by atoms with van der Waals surface area (Å²) in [6, 6.07) is 12.1. The molecule has 7 heteroatoms. The van der Waals surface area contributed by atoms with Crippen molar-refractivity contribution in [1.82, 2.24) is 10.2 Å². The SMILES string of the molecule is COc1cc(NC(=O)Cc2n[nH]c(=O)c3ccccc23)cc(OC)c1. The molecule has 1 aromatic heterocycles. The van der Waals surface area contributed by atoms with E-state index in [0.29, 0.717) is 33.7 Å². The molecule has 2 N–H and O–H groups in total. The molecule has 128 valence electrons. The van der Waals surface area contributed by atoms with E-state index in [0.717, 1.165) is 0 Å². The van der Waals surface area contributed by atoms with E-state index in [2.05, 4.69) is 15.5 Å². The molecule has 0 atom stereocenters. The number of carbonyl (C=O) groups excluding carboxylic acids is 1. The lowest BCUT2D eigenvalue weighted by Crippen LogP contribution is -2.18. The van der Waals surface area contributed by atoms with Crippen LogP contribution in [0, 0.1) is 0 Å². The van der Waals surface area contributed by atoms with Gasteiger partial charge in [0.25, 0.3) is 5.56 Å². The van der Waals surface area contributed by atoms with E-state index in [4.69, 9.17) is 9.47 Å². The topological polar surface area (TPSA) is 93.3 Å². The first-order valence-corrected chi connectivity index (χ1v) is 7.60. The number of benzene rings is 2. The number of H-pyrrole nitrogens is 1. The van der Waals surface area contributed by atoms with Crippen molar-refractivity contribution in [2.45, 2.75) is 6.42 Å². The van der Waals surface area contributed by atoms with Crippen LogP contribution < -0.4 is 20.3 Å². The highest BCUT2D eigenvalue weighted by Gasteiger charge is 2.12. The third kappa shape index (κ3) is 3.60. The third-order valence-electron chi connectivity index (χ3n) is 3.74. The quantitative estimate of drug-likeness (QED) is 0.743. The van der Waals surface area contributed by atoms with Gasteiger partial charge >= 0.3 is 0 Å². The molecule has 3 aromatic rings. The standard InChI is InChI=1S/C18H17N3O4/c1-24-12-7-11(8-13(9-12)25-2)19-17(22)10-16-14-5-3-4-6-15(14)18(23)21-20-16/h3-9H,10H2,1-2H3,(H,19,22)(H,21,23). The lowest BCUT2D eigenvalue weighted by molar-refractivity contribution is -0.115. The molecule has 0 aliphatic rings. The van der Waals surface area contributed by atoms with Gasteiger partial charge in [-0.15, -0.1) is 0 Å². The predicted molar refractivity (Wildman–Crippen MR) is 94.2 cm³/mol. The minimum Gasteiger partial charge on any atom is -0.497 e. The summed E-state index contributed by atoms with van der Waals surface area (Å²) in [6.07, 6.45) is 0.0246. The number of hydrogen-bond acceptors (Lipinski definition) is 5. The van der Waals surface area contributed by atoms with Crippen LogP contribution >= 0.6 is 0 Å².